The first-order valence-electron chi connectivity index (χ1n) is 12.4. The number of rotatable bonds is 9. The predicted octanol–water partition coefficient (Wildman–Crippen LogP) is 7.75. The molecule has 0 bridgehead atoms. The highest BCUT2D eigenvalue weighted by molar-refractivity contribution is 6.42. The van der Waals surface area contributed by atoms with Gasteiger partial charge in [0.05, 0.1) is 28.1 Å². The molecule has 0 fully saturated rings. The molecule has 2 N–H and O–H groups in total. The van der Waals surface area contributed by atoms with E-state index in [4.69, 9.17) is 28.3 Å². The number of aliphatic carboxylic acids is 1. The zero-order valence-corrected chi connectivity index (χ0v) is 22.8. The number of carboxylic acids is 1. The van der Waals surface area contributed by atoms with Gasteiger partial charge >= 0.3 is 5.97 Å². The summed E-state index contributed by atoms with van der Waals surface area (Å²) in [6.07, 6.45) is 0.590. The van der Waals surface area contributed by atoms with E-state index in [1.165, 1.54) is 0 Å². The van der Waals surface area contributed by atoms with Crippen molar-refractivity contribution in [2.24, 2.45) is 0 Å². The number of amides is 1. The molecule has 196 valence electrons. The van der Waals surface area contributed by atoms with Crippen LogP contribution in [0.25, 0.3) is 22.3 Å². The second kappa shape index (κ2) is 12.6. The van der Waals surface area contributed by atoms with Crippen molar-refractivity contribution in [1.82, 2.24) is 5.32 Å². The number of carbonyl (C=O) groups is 2. The summed E-state index contributed by atoms with van der Waals surface area (Å²) in [4.78, 5) is 23.0. The molecule has 0 radical (unpaired) electrons. The number of nitrogens with one attached hydrogen (secondary N) is 1. The number of benzene rings is 4. The number of carboxylic acid groups (broad SMARTS) is 1. The predicted molar refractivity (Wildman–Crippen MR) is 155 cm³/mol. The monoisotopic (exact) mass is 556 g/mol. The van der Waals surface area contributed by atoms with Gasteiger partial charge in [0.2, 0.25) is 0 Å². The van der Waals surface area contributed by atoms with E-state index in [1.54, 1.807) is 24.3 Å². The lowest BCUT2D eigenvalue weighted by atomic mass is 9.87. The molecule has 1 atom stereocenters. The molecule has 0 spiro atoms. The molecule has 4 aromatic rings. The number of hydrogen-bond acceptors (Lipinski definition) is 3. The van der Waals surface area contributed by atoms with Gasteiger partial charge in [-0.2, -0.15) is 5.26 Å². The van der Waals surface area contributed by atoms with Crippen LogP contribution in [0.1, 0.15) is 46.3 Å². The van der Waals surface area contributed by atoms with Gasteiger partial charge < -0.3 is 10.4 Å². The number of halogens is 2. The van der Waals surface area contributed by atoms with Crippen molar-refractivity contribution in [3.8, 4) is 28.3 Å². The molecule has 4 rings (SSSR count). The fraction of sp³-hybridized carbons (Fsp3) is 0.156. The summed E-state index contributed by atoms with van der Waals surface area (Å²) in [5.41, 5.74) is 7.20. The second-order valence-electron chi connectivity index (χ2n) is 9.32. The molecule has 0 saturated carbocycles. The number of nitrogens with zero attached hydrogens (tertiary/aromatic N) is 1. The number of hydrogen-bond donors (Lipinski definition) is 2. The fourth-order valence-corrected chi connectivity index (χ4v) is 4.75. The Bertz CT molecular complexity index is 1560. The third-order valence-corrected chi connectivity index (χ3v) is 7.29. The van der Waals surface area contributed by atoms with E-state index in [0.29, 0.717) is 27.6 Å². The van der Waals surface area contributed by atoms with Crippen LogP contribution in [0.4, 0.5) is 0 Å². The summed E-state index contributed by atoms with van der Waals surface area (Å²) in [6, 6.07) is 29.0. The lowest BCUT2D eigenvalue weighted by molar-refractivity contribution is -0.136. The zero-order chi connectivity index (χ0) is 27.9. The number of carbonyl (C=O) groups excluding carboxylic acids is 1. The third-order valence-electron chi connectivity index (χ3n) is 6.55. The zero-order valence-electron chi connectivity index (χ0n) is 21.2. The van der Waals surface area contributed by atoms with Gasteiger partial charge in [-0.05, 0) is 82.1 Å². The minimum Gasteiger partial charge on any atom is -0.481 e. The normalized spacial score (nSPS) is 11.4. The standard InChI is InChI=1S/C32H26Cl2N2O3/c1-20(22-5-7-23(8-6-22)32(39)36-14-13-31(37)38)15-27-17-24(25-10-12-29(33)30(34)18-25)9-11-28(27)26-4-2-3-21(16-26)19-35/h2-12,16-18,20H,13-15H2,1H3,(H,36,39)(H,37,38). The molecule has 0 aliphatic heterocycles. The van der Waals surface area contributed by atoms with Gasteiger partial charge in [-0.15, -0.1) is 0 Å². The van der Waals surface area contributed by atoms with Crippen LogP contribution in [0.2, 0.25) is 10.0 Å². The van der Waals surface area contributed by atoms with Crippen LogP contribution in [0, 0.1) is 11.3 Å². The maximum absolute atomic E-state index is 12.3. The topological polar surface area (TPSA) is 90.2 Å². The van der Waals surface area contributed by atoms with Gasteiger partial charge in [0.1, 0.15) is 0 Å². The second-order valence-corrected chi connectivity index (χ2v) is 10.1. The van der Waals surface area contributed by atoms with Crippen LogP contribution >= 0.6 is 23.2 Å². The van der Waals surface area contributed by atoms with Crippen LogP contribution in [0.15, 0.2) is 84.9 Å². The van der Waals surface area contributed by atoms with E-state index in [0.717, 1.165) is 33.4 Å². The van der Waals surface area contributed by atoms with Gasteiger partial charge in [0.25, 0.3) is 5.91 Å². The molecular formula is C32H26Cl2N2O3. The van der Waals surface area contributed by atoms with Gasteiger partial charge in [-0.3, -0.25) is 9.59 Å². The minimum absolute atomic E-state index is 0.0806. The Morgan fingerprint density at radius 1 is 0.897 bits per heavy atom. The van der Waals surface area contributed by atoms with E-state index in [-0.39, 0.29) is 24.8 Å². The average molecular weight is 557 g/mol. The van der Waals surface area contributed by atoms with Gasteiger partial charge in [0, 0.05) is 12.1 Å². The summed E-state index contributed by atoms with van der Waals surface area (Å²) >= 11 is 12.4. The Morgan fingerprint density at radius 3 is 2.31 bits per heavy atom. The van der Waals surface area contributed by atoms with Crippen molar-refractivity contribution in [1.29, 1.82) is 5.26 Å². The Hall–Kier alpha value is -4.11. The Morgan fingerprint density at radius 2 is 1.62 bits per heavy atom. The van der Waals surface area contributed by atoms with Crippen molar-refractivity contribution in [2.75, 3.05) is 6.54 Å². The Balaban J connectivity index is 1.63. The summed E-state index contributed by atoms with van der Waals surface area (Å²) in [5, 5.41) is 21.8. The van der Waals surface area contributed by atoms with Crippen LogP contribution in [0.5, 0.6) is 0 Å². The molecule has 1 unspecified atom stereocenters. The van der Waals surface area contributed by atoms with Crippen LogP contribution < -0.4 is 5.32 Å². The molecule has 0 heterocycles. The summed E-state index contributed by atoms with van der Waals surface area (Å²) < 4.78 is 0. The molecular weight excluding hydrogens is 531 g/mol. The van der Waals surface area contributed by atoms with Gasteiger partial charge in [0.15, 0.2) is 0 Å². The van der Waals surface area contributed by atoms with E-state index in [9.17, 15) is 14.9 Å². The lowest BCUT2D eigenvalue weighted by Gasteiger charge is -2.18. The van der Waals surface area contributed by atoms with Gasteiger partial charge in [-0.25, -0.2) is 0 Å². The molecule has 0 aliphatic rings. The van der Waals surface area contributed by atoms with Gasteiger partial charge in [-0.1, -0.05) is 78.7 Å². The number of nitriles is 1. The maximum atomic E-state index is 12.3. The Labute approximate surface area is 237 Å². The first-order valence-corrected chi connectivity index (χ1v) is 13.2. The van der Waals surface area contributed by atoms with E-state index >= 15 is 0 Å². The highest BCUT2D eigenvalue weighted by Crippen LogP contribution is 2.35. The van der Waals surface area contributed by atoms with Crippen molar-refractivity contribution >= 4 is 35.1 Å². The van der Waals surface area contributed by atoms with Crippen LogP contribution in [-0.4, -0.2) is 23.5 Å². The van der Waals surface area contributed by atoms with E-state index in [2.05, 4.69) is 30.4 Å². The quantitative estimate of drug-likeness (QED) is 0.220. The molecule has 39 heavy (non-hydrogen) atoms. The summed E-state index contributed by atoms with van der Waals surface area (Å²) in [7, 11) is 0. The van der Waals surface area contributed by atoms with E-state index < -0.39 is 5.97 Å². The molecule has 4 aromatic carbocycles. The van der Waals surface area contributed by atoms with Crippen molar-refractivity contribution in [2.45, 2.75) is 25.7 Å². The summed E-state index contributed by atoms with van der Waals surface area (Å²) in [5.74, 6) is -1.14. The van der Waals surface area contributed by atoms with E-state index in [1.807, 2.05) is 48.5 Å². The molecule has 0 saturated heterocycles. The Kier molecular flexibility index (Phi) is 9.03. The smallest absolute Gasteiger partial charge is 0.305 e. The fourth-order valence-electron chi connectivity index (χ4n) is 4.45. The van der Waals surface area contributed by atoms with Crippen molar-refractivity contribution < 1.29 is 14.7 Å². The molecule has 0 aromatic heterocycles. The molecule has 7 heteroatoms. The van der Waals surface area contributed by atoms with Crippen LogP contribution in [0.3, 0.4) is 0 Å². The van der Waals surface area contributed by atoms with Crippen molar-refractivity contribution in [3.63, 3.8) is 0 Å². The minimum atomic E-state index is -0.957. The SMILES string of the molecule is CC(Cc1cc(-c2ccc(Cl)c(Cl)c2)ccc1-c1cccc(C#N)c1)c1ccc(C(=O)NCCC(=O)O)cc1. The highest BCUT2D eigenvalue weighted by atomic mass is 35.5. The maximum Gasteiger partial charge on any atom is 0.305 e. The average Bonchev–Trinajstić information content (AvgIpc) is 2.94. The third kappa shape index (κ3) is 7.06. The van der Waals surface area contributed by atoms with Crippen molar-refractivity contribution in [3.05, 3.63) is 117 Å². The highest BCUT2D eigenvalue weighted by Gasteiger charge is 2.15. The lowest BCUT2D eigenvalue weighted by Crippen LogP contribution is -2.25. The largest absolute Gasteiger partial charge is 0.481 e. The molecule has 5 nitrogen and oxygen atoms in total. The summed E-state index contributed by atoms with van der Waals surface area (Å²) in [6.45, 7) is 2.21. The molecule has 1 amide bonds. The van der Waals surface area contributed by atoms with Crippen LogP contribution in [-0.2, 0) is 11.2 Å². The first kappa shape index (κ1) is 27.9. The first-order chi connectivity index (χ1) is 18.7. The molecule has 0 aliphatic carbocycles.